The van der Waals surface area contributed by atoms with Crippen molar-refractivity contribution in [1.29, 1.82) is 0 Å². The molecule has 1 rings (SSSR count). The molecule has 2 amide bonds. The van der Waals surface area contributed by atoms with Gasteiger partial charge >= 0.3 is 6.09 Å². The summed E-state index contributed by atoms with van der Waals surface area (Å²) in [6.45, 7) is 13.8. The van der Waals surface area contributed by atoms with E-state index in [4.69, 9.17) is 10.5 Å². The molecule has 6 heteroatoms. The van der Waals surface area contributed by atoms with E-state index in [9.17, 15) is 14.7 Å². The Morgan fingerprint density at radius 1 is 1.27 bits per heavy atom. The van der Waals surface area contributed by atoms with Crippen molar-refractivity contribution in [2.75, 3.05) is 0 Å². The van der Waals surface area contributed by atoms with Crippen LogP contribution in [0.2, 0.25) is 0 Å². The van der Waals surface area contributed by atoms with Crippen LogP contribution in [0, 0.1) is 11.3 Å². The SMILES string of the molecule is C=CC1CC1N(C(=O)OC(C)(C)C)C(O)(C(N)=O)C(C)(C)C. The minimum atomic E-state index is -2.14. The van der Waals surface area contributed by atoms with E-state index in [2.05, 4.69) is 6.58 Å². The Hall–Kier alpha value is -1.56. The number of rotatable bonds is 4. The summed E-state index contributed by atoms with van der Waals surface area (Å²) in [6, 6.07) is -0.343. The molecule has 126 valence electrons. The van der Waals surface area contributed by atoms with Crippen LogP contribution in [0.25, 0.3) is 0 Å². The lowest BCUT2D eigenvalue weighted by Crippen LogP contribution is -2.67. The maximum atomic E-state index is 12.6. The number of hydrogen-bond acceptors (Lipinski definition) is 4. The first-order valence-corrected chi connectivity index (χ1v) is 7.43. The van der Waals surface area contributed by atoms with Crippen molar-refractivity contribution in [2.24, 2.45) is 17.1 Å². The summed E-state index contributed by atoms with van der Waals surface area (Å²) in [4.78, 5) is 25.7. The fourth-order valence-electron chi connectivity index (χ4n) is 2.42. The number of primary amides is 1. The number of aliphatic hydroxyl groups is 1. The zero-order chi connectivity index (χ0) is 17.5. The van der Waals surface area contributed by atoms with Crippen LogP contribution in [0.15, 0.2) is 12.7 Å². The summed E-state index contributed by atoms with van der Waals surface area (Å²) < 4.78 is 5.37. The lowest BCUT2D eigenvalue weighted by Gasteiger charge is -2.45. The molecule has 3 unspecified atom stereocenters. The van der Waals surface area contributed by atoms with Gasteiger partial charge < -0.3 is 15.6 Å². The quantitative estimate of drug-likeness (QED) is 0.613. The lowest BCUT2D eigenvalue weighted by atomic mass is 9.81. The van der Waals surface area contributed by atoms with Gasteiger partial charge in [0.1, 0.15) is 5.60 Å². The van der Waals surface area contributed by atoms with Gasteiger partial charge in [0, 0.05) is 11.5 Å². The average molecular weight is 312 g/mol. The van der Waals surface area contributed by atoms with E-state index in [1.807, 2.05) is 0 Å². The Morgan fingerprint density at radius 3 is 2.05 bits per heavy atom. The highest BCUT2D eigenvalue weighted by molar-refractivity contribution is 5.88. The second-order valence-electron chi connectivity index (χ2n) is 7.84. The second kappa shape index (κ2) is 5.57. The summed E-state index contributed by atoms with van der Waals surface area (Å²) in [7, 11) is 0. The first kappa shape index (κ1) is 18.5. The Kier molecular flexibility index (Phi) is 4.68. The molecule has 22 heavy (non-hydrogen) atoms. The van der Waals surface area contributed by atoms with E-state index in [0.29, 0.717) is 6.42 Å². The summed E-state index contributed by atoms with van der Waals surface area (Å²) in [5.41, 5.74) is 1.59. The third kappa shape index (κ3) is 3.43. The molecule has 1 fully saturated rings. The topological polar surface area (TPSA) is 92.9 Å². The standard InChI is InChI=1S/C16H28N2O4/c1-8-10-9-11(10)18(13(20)22-15(5,6)7)16(21,12(17)19)14(2,3)4/h8,10-11,21H,1,9H2,2-7H3,(H2,17,19). The van der Waals surface area contributed by atoms with Crippen LogP contribution in [0.3, 0.4) is 0 Å². The van der Waals surface area contributed by atoms with Crippen molar-refractivity contribution in [3.63, 3.8) is 0 Å². The van der Waals surface area contributed by atoms with Crippen LogP contribution in [-0.4, -0.2) is 39.4 Å². The molecule has 1 aliphatic rings. The van der Waals surface area contributed by atoms with Gasteiger partial charge in [-0.1, -0.05) is 26.8 Å². The molecule has 0 radical (unpaired) electrons. The minimum Gasteiger partial charge on any atom is -0.444 e. The summed E-state index contributed by atoms with van der Waals surface area (Å²) >= 11 is 0. The molecule has 0 spiro atoms. The Morgan fingerprint density at radius 2 is 1.77 bits per heavy atom. The molecule has 0 saturated heterocycles. The molecule has 0 aromatic heterocycles. The number of ether oxygens (including phenoxy) is 1. The Labute approximate surface area is 132 Å². The predicted octanol–water partition coefficient (Wildman–Crippen LogP) is 2.02. The molecule has 0 aromatic carbocycles. The molecule has 6 nitrogen and oxygen atoms in total. The van der Waals surface area contributed by atoms with E-state index in [-0.39, 0.29) is 12.0 Å². The van der Waals surface area contributed by atoms with Gasteiger partial charge in [-0.3, -0.25) is 9.69 Å². The first-order chi connectivity index (χ1) is 9.75. The molecular formula is C16H28N2O4. The number of hydrogen-bond donors (Lipinski definition) is 2. The molecule has 0 aliphatic heterocycles. The molecule has 3 atom stereocenters. The van der Waals surface area contributed by atoms with Gasteiger partial charge in [-0.25, -0.2) is 4.79 Å². The Bertz CT molecular complexity index is 476. The normalized spacial score (nSPS) is 24.1. The number of carbonyl (C=O) groups excluding carboxylic acids is 2. The van der Waals surface area contributed by atoms with Gasteiger partial charge in [-0.2, -0.15) is 0 Å². The smallest absolute Gasteiger partial charge is 0.413 e. The number of amides is 2. The number of nitrogens with zero attached hydrogens (tertiary/aromatic N) is 1. The predicted molar refractivity (Wildman–Crippen MR) is 83.8 cm³/mol. The molecule has 1 saturated carbocycles. The van der Waals surface area contributed by atoms with Gasteiger partial charge in [0.25, 0.3) is 5.91 Å². The van der Waals surface area contributed by atoms with Crippen LogP contribution in [0.1, 0.15) is 48.0 Å². The molecule has 0 heterocycles. The molecule has 0 aromatic rings. The van der Waals surface area contributed by atoms with Crippen LogP contribution in [-0.2, 0) is 9.53 Å². The van der Waals surface area contributed by atoms with Gasteiger partial charge in [0.15, 0.2) is 0 Å². The average Bonchev–Trinajstić information content (AvgIpc) is 3.03. The summed E-state index contributed by atoms with van der Waals surface area (Å²) in [6.07, 6.45) is 1.57. The zero-order valence-electron chi connectivity index (χ0n) is 14.3. The molecule has 3 N–H and O–H groups in total. The number of carbonyl (C=O) groups is 2. The maximum Gasteiger partial charge on any atom is 0.413 e. The maximum absolute atomic E-state index is 12.6. The monoisotopic (exact) mass is 312 g/mol. The molecular weight excluding hydrogens is 284 g/mol. The molecule has 0 bridgehead atoms. The third-order valence-electron chi connectivity index (χ3n) is 3.77. The van der Waals surface area contributed by atoms with Gasteiger partial charge in [-0.15, -0.1) is 6.58 Å². The highest BCUT2D eigenvalue weighted by Crippen LogP contribution is 2.45. The van der Waals surface area contributed by atoms with Crippen molar-refractivity contribution in [1.82, 2.24) is 4.90 Å². The van der Waals surface area contributed by atoms with Gasteiger partial charge in [0.05, 0.1) is 0 Å². The largest absolute Gasteiger partial charge is 0.444 e. The third-order valence-corrected chi connectivity index (χ3v) is 3.77. The number of nitrogens with two attached hydrogens (primary N) is 1. The second-order valence-corrected chi connectivity index (χ2v) is 7.84. The van der Waals surface area contributed by atoms with Crippen molar-refractivity contribution in [3.8, 4) is 0 Å². The van der Waals surface area contributed by atoms with Gasteiger partial charge in [0.2, 0.25) is 5.72 Å². The minimum absolute atomic E-state index is 0.0146. The van der Waals surface area contributed by atoms with Crippen molar-refractivity contribution >= 4 is 12.0 Å². The summed E-state index contributed by atoms with van der Waals surface area (Å²) in [5.74, 6) is -0.957. The van der Waals surface area contributed by atoms with Crippen LogP contribution in [0.5, 0.6) is 0 Å². The molecule has 1 aliphatic carbocycles. The fraction of sp³-hybridized carbons (Fsp3) is 0.750. The fourth-order valence-corrected chi connectivity index (χ4v) is 2.42. The van der Waals surface area contributed by atoms with E-state index >= 15 is 0 Å². The highest BCUT2D eigenvalue weighted by Gasteiger charge is 2.60. The Balaban J connectivity index is 3.28. The van der Waals surface area contributed by atoms with Crippen LogP contribution >= 0.6 is 0 Å². The van der Waals surface area contributed by atoms with E-state index in [0.717, 1.165) is 4.90 Å². The van der Waals surface area contributed by atoms with E-state index in [1.54, 1.807) is 47.6 Å². The van der Waals surface area contributed by atoms with E-state index in [1.165, 1.54) is 0 Å². The van der Waals surface area contributed by atoms with Crippen molar-refractivity contribution in [3.05, 3.63) is 12.7 Å². The van der Waals surface area contributed by atoms with Crippen molar-refractivity contribution < 1.29 is 19.4 Å². The highest BCUT2D eigenvalue weighted by atomic mass is 16.6. The van der Waals surface area contributed by atoms with Crippen LogP contribution in [0.4, 0.5) is 4.79 Å². The summed E-state index contributed by atoms with van der Waals surface area (Å²) in [5, 5.41) is 11.0. The lowest BCUT2D eigenvalue weighted by molar-refractivity contribution is -0.187. The van der Waals surface area contributed by atoms with Gasteiger partial charge in [-0.05, 0) is 33.1 Å². The van der Waals surface area contributed by atoms with Crippen LogP contribution < -0.4 is 5.73 Å². The first-order valence-electron chi connectivity index (χ1n) is 7.43. The van der Waals surface area contributed by atoms with E-state index < -0.39 is 28.7 Å². The zero-order valence-corrected chi connectivity index (χ0v) is 14.3. The van der Waals surface area contributed by atoms with Crippen molar-refractivity contribution in [2.45, 2.75) is 65.3 Å².